The topological polar surface area (TPSA) is 197 Å². The molecule has 0 aliphatic rings. The van der Waals surface area contributed by atoms with Gasteiger partial charge in [0.2, 0.25) is 0 Å². The van der Waals surface area contributed by atoms with Crippen LogP contribution in [0, 0.1) is 0 Å². The molecule has 0 aromatic rings. The van der Waals surface area contributed by atoms with Crippen LogP contribution < -0.4 is 0 Å². The van der Waals surface area contributed by atoms with Crippen LogP contribution >= 0.6 is 0 Å². The van der Waals surface area contributed by atoms with Crippen LogP contribution in [0.25, 0.3) is 0 Å². The minimum atomic E-state index is -5.38. The molecular weight excluding hydrogens is 223 g/mol. The van der Waals surface area contributed by atoms with Crippen molar-refractivity contribution < 1.29 is 50.6 Å². The third-order valence-corrected chi connectivity index (χ3v) is 0. The average Bonchev–Trinajstić information content (AvgIpc) is 0.722. The monoisotopic (exact) mass is 234 g/mol. The molecule has 68 valence electrons. The first-order valence-electron chi connectivity index (χ1n) is 0.632. The summed E-state index contributed by atoms with van der Waals surface area (Å²) in [6, 6.07) is 0. The fourth-order valence-electron chi connectivity index (χ4n) is 0. The van der Waals surface area contributed by atoms with E-state index in [1.807, 2.05) is 0 Å². The first-order valence-corrected chi connectivity index (χ1v) is 2.61. The Morgan fingerprint density at radius 3 is 0.800 bits per heavy atom. The quantitative estimate of drug-likeness (QED) is 0.409. The fourth-order valence-corrected chi connectivity index (χ4v) is 0. The summed E-state index contributed by atoms with van der Waals surface area (Å²) in [6.45, 7) is 0. The Hall–Kier alpha value is 0.979. The van der Waals surface area contributed by atoms with Crippen molar-refractivity contribution >= 4 is 37.7 Å². The molecule has 10 heavy (non-hydrogen) atoms. The first kappa shape index (κ1) is 44.1. The third kappa shape index (κ3) is 596. The summed E-state index contributed by atoms with van der Waals surface area (Å²) in [7, 11) is 0. The molecule has 0 fully saturated rings. The van der Waals surface area contributed by atoms with Crippen molar-refractivity contribution in [2.24, 2.45) is 0 Å². The van der Waals surface area contributed by atoms with Crippen molar-refractivity contribution in [2.45, 2.75) is 0 Å². The molecule has 0 heterocycles. The van der Waals surface area contributed by atoms with Crippen molar-refractivity contribution in [3.8, 4) is 0 Å². The summed E-state index contributed by atoms with van der Waals surface area (Å²) in [5.74, 6) is 0. The van der Waals surface area contributed by atoms with E-state index in [0.717, 1.165) is 0 Å². The zero-order chi connectivity index (χ0) is 4.50. The molecule has 10 heteroatoms. The molecule has 0 aromatic carbocycles. The zero-order valence-corrected chi connectivity index (χ0v) is 5.23. The molecule has 0 aliphatic heterocycles. The van der Waals surface area contributed by atoms with Crippen LogP contribution in [0.5, 0.6) is 0 Å². The van der Waals surface area contributed by atoms with Crippen LogP contribution in [0.15, 0.2) is 0 Å². The summed E-state index contributed by atoms with van der Waals surface area (Å²) in [4.78, 5) is 0. The summed E-state index contributed by atoms with van der Waals surface area (Å²) in [6.07, 6.45) is 0. The molecule has 0 aliphatic carbocycles. The van der Waals surface area contributed by atoms with E-state index in [4.69, 9.17) is 15.7 Å². The van der Waals surface area contributed by atoms with E-state index in [-0.39, 0.29) is 59.6 Å². The summed E-state index contributed by atoms with van der Waals surface area (Å²) >= 11 is -5.38. The molecule has 0 unspecified atom stereocenters. The van der Waals surface area contributed by atoms with E-state index in [2.05, 4.69) is 0 Å². The van der Waals surface area contributed by atoms with Crippen LogP contribution in [-0.2, 0) is 24.5 Å². The van der Waals surface area contributed by atoms with E-state index in [1.54, 1.807) is 0 Å². The number of hydrogen-bond acceptors (Lipinski definition) is 3. The van der Waals surface area contributed by atoms with Gasteiger partial charge in [0.25, 0.3) is 0 Å². The Bertz CT molecular complexity index is 130. The Morgan fingerprint density at radius 1 is 0.800 bits per heavy atom. The van der Waals surface area contributed by atoms with Crippen LogP contribution in [0.2, 0.25) is 0 Å². The third-order valence-electron chi connectivity index (χ3n) is 0. The van der Waals surface area contributed by atoms with Gasteiger partial charge in [0, 0.05) is 0 Å². The predicted molar refractivity (Wildman–Crippen MR) is 27.3 cm³/mol. The summed E-state index contributed by atoms with van der Waals surface area (Å²) in [5, 5.41) is 0. The molecule has 0 rings (SSSR count). The minimum absolute atomic E-state index is 0. The van der Waals surface area contributed by atoms with Gasteiger partial charge in [0.15, 0.2) is 0 Å². The van der Waals surface area contributed by atoms with Gasteiger partial charge in [-0.15, -0.1) is 0 Å². The van der Waals surface area contributed by atoms with Gasteiger partial charge in [-0.05, 0) is 0 Å². The van der Waals surface area contributed by atoms with E-state index >= 15 is 0 Å². The van der Waals surface area contributed by atoms with Gasteiger partial charge in [-0.25, -0.2) is 0 Å². The van der Waals surface area contributed by atoms with Gasteiger partial charge in [0.05, 0.1) is 0 Å². The molecule has 0 atom stereocenters. The average molecular weight is 234 g/mol. The molecule has 0 saturated carbocycles. The SMILES string of the molecule is O.O.O.O.[CaH2].[O]=[Mn](=[O])(=[O])[OH]. The van der Waals surface area contributed by atoms with Crippen LogP contribution in [-0.4, -0.2) is 63.8 Å². The molecule has 8 nitrogen and oxygen atoms in total. The number of hydrogen-bond donors (Lipinski definition) is 1. The van der Waals surface area contributed by atoms with Crippen molar-refractivity contribution in [3.63, 3.8) is 0 Å². The Kier molecular flexibility index (Phi) is 72.8. The maximum absolute atomic E-state index is 8.69. The second kappa shape index (κ2) is 16.5. The van der Waals surface area contributed by atoms with Gasteiger partial charge in [-0.2, -0.15) is 0 Å². The Balaban J connectivity index is -0.00000000800. The predicted octanol–water partition coefficient (Wildman–Crippen LogP) is -5.13. The molecule has 0 radical (unpaired) electrons. The van der Waals surface area contributed by atoms with E-state index in [9.17, 15) is 0 Å². The standard InChI is InChI=1S/Ca.Mn.5H2O.3O.2H/h;;5*1H2;;;;;/q;+1;;;;;;;;;;/p-1. The molecule has 9 N–H and O–H groups in total. The summed E-state index contributed by atoms with van der Waals surface area (Å²) in [5.41, 5.74) is 0. The van der Waals surface area contributed by atoms with Crippen molar-refractivity contribution in [2.75, 3.05) is 0 Å². The van der Waals surface area contributed by atoms with Gasteiger partial charge in [-0.1, -0.05) is 0 Å². The number of rotatable bonds is 0. The van der Waals surface area contributed by atoms with Gasteiger partial charge < -0.3 is 21.9 Å². The van der Waals surface area contributed by atoms with Crippen LogP contribution in [0.1, 0.15) is 0 Å². The molecule has 0 spiro atoms. The van der Waals surface area contributed by atoms with Gasteiger partial charge in [0.1, 0.15) is 0 Å². The molecule has 0 aromatic heterocycles. The van der Waals surface area contributed by atoms with E-state index in [0.29, 0.717) is 0 Å². The Labute approximate surface area is 87.6 Å². The van der Waals surface area contributed by atoms with Gasteiger partial charge in [-0.3, -0.25) is 0 Å². The van der Waals surface area contributed by atoms with Gasteiger partial charge >= 0.3 is 66.4 Å². The second-order valence-electron chi connectivity index (χ2n) is 0.396. The molecule has 0 amide bonds. The molecular formula is H11CaMnO8. The van der Waals surface area contributed by atoms with Crippen LogP contribution in [0.4, 0.5) is 0 Å². The molecule has 0 saturated heterocycles. The maximum atomic E-state index is 8.69. The Morgan fingerprint density at radius 2 is 0.800 bits per heavy atom. The fraction of sp³-hybridized carbons (Fsp3) is 0. The molecule has 0 bridgehead atoms. The second-order valence-corrected chi connectivity index (χ2v) is 1.63. The van der Waals surface area contributed by atoms with Crippen molar-refractivity contribution in [1.82, 2.24) is 0 Å². The van der Waals surface area contributed by atoms with E-state index in [1.165, 1.54) is 0 Å². The van der Waals surface area contributed by atoms with E-state index < -0.39 is 13.0 Å². The zero-order valence-electron chi connectivity index (χ0n) is 4.05. The van der Waals surface area contributed by atoms with Crippen molar-refractivity contribution in [3.05, 3.63) is 0 Å². The van der Waals surface area contributed by atoms with Crippen molar-refractivity contribution in [1.29, 1.82) is 0 Å². The summed E-state index contributed by atoms with van der Waals surface area (Å²) < 4.78 is 33.1. The first-order chi connectivity index (χ1) is 2.00. The normalized spacial score (nSPS) is 5.70. The van der Waals surface area contributed by atoms with Crippen LogP contribution in [0.3, 0.4) is 0 Å².